The molecule has 0 atom stereocenters. The molecule has 3 aromatic rings. The van der Waals surface area contributed by atoms with Crippen LogP contribution in [-0.4, -0.2) is 39.3 Å². The average molecular weight is 482 g/mol. The molecule has 2 aromatic carbocycles. The van der Waals surface area contributed by atoms with Crippen molar-refractivity contribution in [2.45, 2.75) is 13.8 Å². The minimum Gasteiger partial charge on any atom is -0.493 e. The number of carbonyl (C=O) groups excluding carboxylic acids is 2. The van der Waals surface area contributed by atoms with Gasteiger partial charge in [-0.2, -0.15) is 0 Å². The molecule has 1 amide bonds. The molecule has 0 radical (unpaired) electrons. The first kappa shape index (κ1) is 24.9. The molecule has 0 saturated heterocycles. The molecule has 0 aliphatic carbocycles. The second-order valence-corrected chi connectivity index (χ2v) is 7.82. The van der Waals surface area contributed by atoms with E-state index < -0.39 is 5.97 Å². The molecule has 0 spiro atoms. The van der Waals surface area contributed by atoms with E-state index in [4.69, 9.17) is 18.9 Å². The van der Waals surface area contributed by atoms with Crippen LogP contribution in [0.15, 0.2) is 53.9 Å². The van der Waals surface area contributed by atoms with Gasteiger partial charge in [-0.3, -0.25) is 4.79 Å². The number of amides is 1. The molecular formula is C26H27NO6S. The zero-order valence-corrected chi connectivity index (χ0v) is 20.4. The van der Waals surface area contributed by atoms with Crippen LogP contribution in [0, 0.1) is 0 Å². The fourth-order valence-corrected chi connectivity index (χ4v) is 4.26. The van der Waals surface area contributed by atoms with E-state index in [0.29, 0.717) is 34.4 Å². The van der Waals surface area contributed by atoms with Gasteiger partial charge in [-0.15, -0.1) is 11.3 Å². The van der Waals surface area contributed by atoms with Crippen molar-refractivity contribution in [1.29, 1.82) is 0 Å². The van der Waals surface area contributed by atoms with Crippen LogP contribution in [0.25, 0.3) is 17.2 Å². The third-order valence-corrected chi connectivity index (χ3v) is 5.73. The molecule has 7 nitrogen and oxygen atoms in total. The van der Waals surface area contributed by atoms with Gasteiger partial charge in [0.25, 0.3) is 0 Å². The fraction of sp³-hybridized carbons (Fsp3) is 0.231. The van der Waals surface area contributed by atoms with Crippen LogP contribution in [0.3, 0.4) is 0 Å². The molecule has 8 heteroatoms. The summed E-state index contributed by atoms with van der Waals surface area (Å²) in [5.74, 6) is 0.896. The summed E-state index contributed by atoms with van der Waals surface area (Å²) in [7, 11) is 3.10. The molecule has 178 valence electrons. The number of benzene rings is 2. The lowest BCUT2D eigenvalue weighted by Crippen LogP contribution is -2.12. The van der Waals surface area contributed by atoms with Gasteiger partial charge < -0.3 is 24.3 Å². The summed E-state index contributed by atoms with van der Waals surface area (Å²) in [6.45, 7) is 4.36. The minimum absolute atomic E-state index is 0.210. The first-order valence-corrected chi connectivity index (χ1v) is 11.6. The standard InChI is InChI=1S/C26H27NO6S/c1-5-32-20-10-8-7-9-17(20)12-14-23(28)27-25-24(26(29)33-6-2)19(16-34-25)18-11-13-21(30-3)22(15-18)31-4/h7-16H,5-6H2,1-4H3,(H,27,28). The van der Waals surface area contributed by atoms with Crippen LogP contribution < -0.4 is 19.5 Å². The Morgan fingerprint density at radius 1 is 0.971 bits per heavy atom. The van der Waals surface area contributed by atoms with Gasteiger partial charge in [0.1, 0.15) is 16.3 Å². The summed E-state index contributed by atoms with van der Waals surface area (Å²) in [5.41, 5.74) is 2.43. The zero-order chi connectivity index (χ0) is 24.5. The number of para-hydroxylation sites is 1. The van der Waals surface area contributed by atoms with Gasteiger partial charge in [-0.25, -0.2) is 4.79 Å². The number of ether oxygens (including phenoxy) is 4. The summed E-state index contributed by atoms with van der Waals surface area (Å²) in [6.07, 6.45) is 3.08. The van der Waals surface area contributed by atoms with E-state index in [0.717, 1.165) is 11.1 Å². The van der Waals surface area contributed by atoms with E-state index >= 15 is 0 Å². The number of thiophene rings is 1. The highest BCUT2D eigenvalue weighted by atomic mass is 32.1. The monoisotopic (exact) mass is 481 g/mol. The number of rotatable bonds is 10. The number of hydrogen-bond acceptors (Lipinski definition) is 7. The van der Waals surface area contributed by atoms with Crippen LogP contribution in [0.2, 0.25) is 0 Å². The predicted octanol–water partition coefficient (Wildman–Crippen LogP) is 5.66. The topological polar surface area (TPSA) is 83.1 Å². The van der Waals surface area contributed by atoms with Crippen LogP contribution in [-0.2, 0) is 9.53 Å². The Labute approximate surface area is 202 Å². The lowest BCUT2D eigenvalue weighted by atomic mass is 10.0. The van der Waals surface area contributed by atoms with E-state index in [2.05, 4.69) is 5.32 Å². The summed E-state index contributed by atoms with van der Waals surface area (Å²) < 4.78 is 21.6. The lowest BCUT2D eigenvalue weighted by Gasteiger charge is -2.11. The molecule has 3 rings (SSSR count). The Bertz CT molecular complexity index is 1180. The summed E-state index contributed by atoms with van der Waals surface area (Å²) in [5, 5.41) is 5.01. The predicted molar refractivity (Wildman–Crippen MR) is 134 cm³/mol. The van der Waals surface area contributed by atoms with Crippen molar-refractivity contribution in [3.05, 3.63) is 65.0 Å². The molecular weight excluding hydrogens is 454 g/mol. The summed E-state index contributed by atoms with van der Waals surface area (Å²) in [4.78, 5) is 25.5. The van der Waals surface area contributed by atoms with Crippen LogP contribution >= 0.6 is 11.3 Å². The molecule has 1 N–H and O–H groups in total. The second-order valence-electron chi connectivity index (χ2n) is 6.94. The van der Waals surface area contributed by atoms with Gasteiger partial charge in [0.15, 0.2) is 11.5 Å². The van der Waals surface area contributed by atoms with Gasteiger partial charge in [0.2, 0.25) is 5.91 Å². The molecule has 0 aliphatic heterocycles. The van der Waals surface area contributed by atoms with Crippen molar-refractivity contribution in [3.63, 3.8) is 0 Å². The Morgan fingerprint density at radius 3 is 2.44 bits per heavy atom. The number of methoxy groups -OCH3 is 2. The zero-order valence-electron chi connectivity index (χ0n) is 19.5. The maximum Gasteiger partial charge on any atom is 0.341 e. The number of nitrogens with one attached hydrogen (secondary N) is 1. The highest BCUT2D eigenvalue weighted by Crippen LogP contribution is 2.39. The first-order valence-electron chi connectivity index (χ1n) is 10.7. The van der Waals surface area contributed by atoms with Crippen molar-refractivity contribution in [2.24, 2.45) is 0 Å². The highest BCUT2D eigenvalue weighted by molar-refractivity contribution is 7.15. The fourth-order valence-electron chi connectivity index (χ4n) is 3.30. The van der Waals surface area contributed by atoms with Crippen molar-refractivity contribution in [1.82, 2.24) is 0 Å². The largest absolute Gasteiger partial charge is 0.493 e. The molecule has 0 bridgehead atoms. The molecule has 0 unspecified atom stereocenters. The molecule has 34 heavy (non-hydrogen) atoms. The maximum absolute atomic E-state index is 12.8. The lowest BCUT2D eigenvalue weighted by molar-refractivity contribution is -0.111. The number of hydrogen-bond donors (Lipinski definition) is 1. The van der Waals surface area contributed by atoms with Gasteiger partial charge in [0.05, 0.1) is 27.4 Å². The third-order valence-electron chi connectivity index (χ3n) is 4.83. The molecule has 1 aromatic heterocycles. The molecule has 0 fully saturated rings. The van der Waals surface area contributed by atoms with E-state index in [1.807, 2.05) is 37.3 Å². The Morgan fingerprint density at radius 2 is 1.74 bits per heavy atom. The summed E-state index contributed by atoms with van der Waals surface area (Å²) in [6, 6.07) is 12.8. The van der Waals surface area contributed by atoms with Gasteiger partial charge in [0, 0.05) is 22.6 Å². The van der Waals surface area contributed by atoms with Crippen LogP contribution in [0.4, 0.5) is 5.00 Å². The average Bonchev–Trinajstić information content (AvgIpc) is 3.26. The van der Waals surface area contributed by atoms with E-state index in [1.54, 1.807) is 44.7 Å². The second kappa shape index (κ2) is 11.9. The first-order chi connectivity index (χ1) is 16.5. The Balaban J connectivity index is 1.91. The van der Waals surface area contributed by atoms with Crippen molar-refractivity contribution in [2.75, 3.05) is 32.8 Å². The molecule has 0 aliphatic rings. The van der Waals surface area contributed by atoms with E-state index in [-0.39, 0.29) is 18.1 Å². The number of anilines is 1. The van der Waals surface area contributed by atoms with Gasteiger partial charge in [-0.1, -0.05) is 24.3 Å². The quantitative estimate of drug-likeness (QED) is 0.297. The van der Waals surface area contributed by atoms with E-state index in [1.165, 1.54) is 17.4 Å². The normalized spacial score (nSPS) is 10.7. The highest BCUT2D eigenvalue weighted by Gasteiger charge is 2.23. The SMILES string of the molecule is CCOC(=O)c1c(-c2ccc(OC)c(OC)c2)csc1NC(=O)C=Cc1ccccc1OCC. The van der Waals surface area contributed by atoms with Crippen molar-refractivity contribution < 1.29 is 28.5 Å². The molecule has 1 heterocycles. The van der Waals surface area contributed by atoms with E-state index in [9.17, 15) is 9.59 Å². The van der Waals surface area contributed by atoms with Crippen LogP contribution in [0.5, 0.6) is 17.2 Å². The number of esters is 1. The Hall–Kier alpha value is -3.78. The third kappa shape index (κ3) is 5.77. The van der Waals surface area contributed by atoms with Crippen molar-refractivity contribution in [3.8, 4) is 28.4 Å². The summed E-state index contributed by atoms with van der Waals surface area (Å²) >= 11 is 1.25. The van der Waals surface area contributed by atoms with Gasteiger partial charge >= 0.3 is 5.97 Å². The van der Waals surface area contributed by atoms with Crippen molar-refractivity contribution >= 4 is 34.3 Å². The van der Waals surface area contributed by atoms with Gasteiger partial charge in [-0.05, 0) is 43.7 Å². The Kier molecular flexibility index (Phi) is 8.70. The van der Waals surface area contributed by atoms with Crippen LogP contribution in [0.1, 0.15) is 29.8 Å². The minimum atomic E-state index is -0.519. The molecule has 0 saturated carbocycles. The smallest absolute Gasteiger partial charge is 0.341 e. The number of carbonyl (C=O) groups is 2. The maximum atomic E-state index is 12.8.